The fourth-order valence-corrected chi connectivity index (χ4v) is 2.12. The van der Waals surface area contributed by atoms with Crippen LogP contribution in [0.3, 0.4) is 0 Å². The monoisotopic (exact) mass is 386 g/mol. The maximum Gasteiger partial charge on any atom is 0.245 e. The predicted molar refractivity (Wildman–Crippen MR) is 105 cm³/mol. The van der Waals surface area contributed by atoms with Crippen LogP contribution >= 0.6 is 0 Å². The number of hydrogen-bond acceptors (Lipinski definition) is 5. The maximum absolute atomic E-state index is 12.0. The van der Waals surface area contributed by atoms with E-state index in [2.05, 4.69) is 45.3 Å². The summed E-state index contributed by atoms with van der Waals surface area (Å²) in [6.45, 7) is 12.4. The highest BCUT2D eigenvalue weighted by Crippen LogP contribution is 2.09. The third kappa shape index (κ3) is 14.3. The topological polar surface area (TPSA) is 108 Å². The van der Waals surface area contributed by atoms with Crippen molar-refractivity contribution < 1.29 is 24.2 Å². The molecular formula is C20H38N2O5. The zero-order valence-corrected chi connectivity index (χ0v) is 17.7. The van der Waals surface area contributed by atoms with Gasteiger partial charge in [-0.2, -0.15) is 0 Å². The van der Waals surface area contributed by atoms with Gasteiger partial charge in [0, 0.05) is 6.42 Å². The van der Waals surface area contributed by atoms with E-state index in [0.717, 1.165) is 25.2 Å². The van der Waals surface area contributed by atoms with Crippen LogP contribution < -0.4 is 10.6 Å². The number of amides is 2. The fourth-order valence-electron chi connectivity index (χ4n) is 2.12. The van der Waals surface area contributed by atoms with E-state index in [1.54, 1.807) is 0 Å². The second-order valence-corrected chi connectivity index (χ2v) is 8.16. The van der Waals surface area contributed by atoms with Gasteiger partial charge < -0.3 is 20.5 Å². The molecule has 7 nitrogen and oxygen atoms in total. The molecule has 3 N–H and O–H groups in total. The van der Waals surface area contributed by atoms with Gasteiger partial charge in [0.2, 0.25) is 11.8 Å². The van der Waals surface area contributed by atoms with Gasteiger partial charge in [-0.05, 0) is 25.2 Å². The van der Waals surface area contributed by atoms with Gasteiger partial charge in [0.05, 0.1) is 19.3 Å². The first kappa shape index (κ1) is 25.5. The van der Waals surface area contributed by atoms with Crippen molar-refractivity contribution in [2.45, 2.75) is 85.5 Å². The molecule has 0 aromatic heterocycles. The Balaban J connectivity index is 0.00000153. The van der Waals surface area contributed by atoms with E-state index in [-0.39, 0.29) is 18.2 Å². The second-order valence-electron chi connectivity index (χ2n) is 8.16. The minimum Gasteiger partial charge on any atom is -0.391 e. The number of carbonyl (C=O) groups excluding carboxylic acids is 3. The van der Waals surface area contributed by atoms with E-state index < -0.39 is 24.2 Å². The Bertz CT molecular complexity index is 457. The highest BCUT2D eigenvalue weighted by Gasteiger charge is 2.32. The summed E-state index contributed by atoms with van der Waals surface area (Å²) < 4.78 is 4.83. The minimum atomic E-state index is -1.06. The lowest BCUT2D eigenvalue weighted by molar-refractivity contribution is -0.132. The van der Waals surface area contributed by atoms with Crippen LogP contribution in [0.5, 0.6) is 0 Å². The molecule has 0 spiro atoms. The zero-order valence-electron chi connectivity index (χ0n) is 17.7. The van der Waals surface area contributed by atoms with E-state index in [9.17, 15) is 19.5 Å². The van der Waals surface area contributed by atoms with E-state index >= 15 is 0 Å². The van der Waals surface area contributed by atoms with Crippen molar-refractivity contribution in [3.05, 3.63) is 0 Å². The number of aliphatic hydroxyl groups excluding tert-OH is 1. The summed E-state index contributed by atoms with van der Waals surface area (Å²) in [5.74, 6) is 0.390. The lowest BCUT2D eigenvalue weighted by Crippen LogP contribution is -2.53. The molecule has 1 aliphatic heterocycles. The highest BCUT2D eigenvalue weighted by atomic mass is 16.6. The molecular weight excluding hydrogens is 348 g/mol. The number of nitrogens with one attached hydrogen (secondary N) is 2. The van der Waals surface area contributed by atoms with Crippen molar-refractivity contribution in [1.29, 1.82) is 0 Å². The number of unbranched alkanes of at least 4 members (excludes halogenated alkanes) is 1. The van der Waals surface area contributed by atoms with Crippen molar-refractivity contribution in [2.24, 2.45) is 11.8 Å². The third-order valence-corrected chi connectivity index (χ3v) is 3.65. The first-order valence-electron chi connectivity index (χ1n) is 9.94. The molecule has 1 heterocycles. The SMILES string of the molecule is CC(C)C.CC(C)CCCCC(=O)NC(C(=O)NCC(=O)C1CO1)C(C)O. The van der Waals surface area contributed by atoms with Crippen LogP contribution in [0.1, 0.15) is 67.2 Å². The number of ketones is 1. The average Bonchev–Trinajstić information content (AvgIpc) is 3.38. The van der Waals surface area contributed by atoms with E-state index in [4.69, 9.17) is 4.74 Å². The fraction of sp³-hybridized carbons (Fsp3) is 0.850. The quantitative estimate of drug-likeness (QED) is 0.371. The molecule has 1 saturated heterocycles. The summed E-state index contributed by atoms with van der Waals surface area (Å²) in [6, 6.07) is -1.06. The Hall–Kier alpha value is -1.47. The Kier molecular flexibility index (Phi) is 12.9. The zero-order chi connectivity index (χ0) is 21.0. The van der Waals surface area contributed by atoms with Crippen molar-refractivity contribution >= 4 is 17.6 Å². The number of epoxide rings is 1. The Morgan fingerprint density at radius 2 is 1.63 bits per heavy atom. The molecule has 0 aromatic carbocycles. The van der Waals surface area contributed by atoms with Crippen LogP contribution in [0.25, 0.3) is 0 Å². The van der Waals surface area contributed by atoms with Crippen molar-refractivity contribution in [3.8, 4) is 0 Å². The van der Waals surface area contributed by atoms with Crippen molar-refractivity contribution in [2.75, 3.05) is 13.2 Å². The van der Waals surface area contributed by atoms with Gasteiger partial charge in [-0.25, -0.2) is 0 Å². The molecule has 1 fully saturated rings. The molecule has 0 aliphatic carbocycles. The highest BCUT2D eigenvalue weighted by molar-refractivity contribution is 5.93. The van der Waals surface area contributed by atoms with Crippen LogP contribution in [-0.4, -0.2) is 54.1 Å². The summed E-state index contributed by atoms with van der Waals surface area (Å²) in [5.41, 5.74) is 0. The molecule has 1 aliphatic rings. The lowest BCUT2D eigenvalue weighted by atomic mass is 10.0. The van der Waals surface area contributed by atoms with Gasteiger partial charge in [0.1, 0.15) is 12.1 Å². The summed E-state index contributed by atoms with van der Waals surface area (Å²) >= 11 is 0. The van der Waals surface area contributed by atoms with Gasteiger partial charge in [0.25, 0.3) is 0 Å². The molecule has 3 unspecified atom stereocenters. The number of Topliss-reactive ketones (excluding diaryl/α,β-unsaturated/α-hetero) is 1. The first-order chi connectivity index (χ1) is 12.5. The Labute approximate surface area is 163 Å². The standard InChI is InChI=1S/C16H28N2O5.C4H10/c1-10(2)6-4-5-7-14(21)18-15(11(3)19)16(22)17-8-12(20)13-9-23-13;1-4(2)3/h10-11,13,15,19H,4-9H2,1-3H3,(H,17,22)(H,18,21);4H,1-3H3. The lowest BCUT2D eigenvalue weighted by Gasteiger charge is -2.20. The molecule has 0 bridgehead atoms. The number of carbonyl (C=O) groups is 3. The Morgan fingerprint density at radius 1 is 1.07 bits per heavy atom. The Morgan fingerprint density at radius 3 is 2.07 bits per heavy atom. The molecule has 158 valence electrons. The number of ether oxygens (including phenoxy) is 1. The molecule has 1 rings (SSSR count). The number of rotatable bonds is 11. The maximum atomic E-state index is 12.0. The average molecular weight is 387 g/mol. The molecule has 0 aromatic rings. The summed E-state index contributed by atoms with van der Waals surface area (Å²) in [4.78, 5) is 35.3. The second kappa shape index (κ2) is 13.7. The van der Waals surface area contributed by atoms with Crippen LogP contribution in [0, 0.1) is 11.8 Å². The van der Waals surface area contributed by atoms with Crippen LogP contribution in [0.4, 0.5) is 0 Å². The normalized spacial score (nSPS) is 17.6. The molecule has 7 heteroatoms. The van der Waals surface area contributed by atoms with Gasteiger partial charge in [-0.3, -0.25) is 14.4 Å². The van der Waals surface area contributed by atoms with Crippen molar-refractivity contribution in [3.63, 3.8) is 0 Å². The molecule has 27 heavy (non-hydrogen) atoms. The molecule has 3 atom stereocenters. The van der Waals surface area contributed by atoms with Gasteiger partial charge in [0.15, 0.2) is 5.78 Å². The predicted octanol–water partition coefficient (Wildman–Crippen LogP) is 1.81. The largest absolute Gasteiger partial charge is 0.391 e. The smallest absolute Gasteiger partial charge is 0.245 e. The molecule has 0 radical (unpaired) electrons. The van der Waals surface area contributed by atoms with Crippen molar-refractivity contribution in [1.82, 2.24) is 10.6 Å². The molecule has 0 saturated carbocycles. The summed E-state index contributed by atoms with van der Waals surface area (Å²) in [6.07, 6.45) is 1.61. The number of aliphatic hydroxyl groups is 1. The summed E-state index contributed by atoms with van der Waals surface area (Å²) in [5, 5.41) is 14.6. The van der Waals surface area contributed by atoms with E-state index in [1.165, 1.54) is 6.92 Å². The third-order valence-electron chi connectivity index (χ3n) is 3.65. The minimum absolute atomic E-state index is 0.156. The van der Waals surface area contributed by atoms with Crippen LogP contribution in [0.15, 0.2) is 0 Å². The first-order valence-corrected chi connectivity index (χ1v) is 9.94. The van der Waals surface area contributed by atoms with E-state index in [1.807, 2.05) is 0 Å². The van der Waals surface area contributed by atoms with E-state index in [0.29, 0.717) is 18.9 Å². The van der Waals surface area contributed by atoms with Crippen LogP contribution in [0.2, 0.25) is 0 Å². The molecule has 2 amide bonds. The van der Waals surface area contributed by atoms with Gasteiger partial charge in [-0.15, -0.1) is 0 Å². The number of hydrogen-bond donors (Lipinski definition) is 3. The van der Waals surface area contributed by atoms with Gasteiger partial charge >= 0.3 is 0 Å². The van der Waals surface area contributed by atoms with Gasteiger partial charge in [-0.1, -0.05) is 47.5 Å². The van der Waals surface area contributed by atoms with Crippen LogP contribution in [-0.2, 0) is 19.1 Å². The summed E-state index contributed by atoms with van der Waals surface area (Å²) in [7, 11) is 0.